The van der Waals surface area contributed by atoms with E-state index in [0.717, 1.165) is 30.4 Å². The van der Waals surface area contributed by atoms with E-state index in [-0.39, 0.29) is 35.7 Å². The monoisotopic (exact) mass is 636 g/mol. The first-order valence-corrected chi connectivity index (χ1v) is 15.1. The van der Waals surface area contributed by atoms with E-state index in [2.05, 4.69) is 19.9 Å². The van der Waals surface area contributed by atoms with Gasteiger partial charge in [0.1, 0.15) is 17.3 Å². The summed E-state index contributed by atoms with van der Waals surface area (Å²) in [5.41, 5.74) is 3.19. The first-order chi connectivity index (χ1) is 22.1. The second-order valence-corrected chi connectivity index (χ2v) is 11.7. The zero-order chi connectivity index (χ0) is 32.0. The van der Waals surface area contributed by atoms with E-state index in [1.54, 1.807) is 24.4 Å². The summed E-state index contributed by atoms with van der Waals surface area (Å²) in [4.78, 5) is 27.5. The number of anilines is 1. The van der Waals surface area contributed by atoms with Gasteiger partial charge in [0.05, 0.1) is 24.0 Å². The fraction of sp³-hybridized carbons (Fsp3) is 0.344. The van der Waals surface area contributed by atoms with Crippen LogP contribution < -0.4 is 5.32 Å². The number of likely N-dealkylation sites (tertiary alicyclic amines) is 1. The Labute approximate surface area is 260 Å². The first kappa shape index (κ1) is 30.0. The van der Waals surface area contributed by atoms with Crippen molar-refractivity contribution < 1.29 is 26.7 Å². The van der Waals surface area contributed by atoms with Crippen molar-refractivity contribution in [3.63, 3.8) is 0 Å². The van der Waals surface area contributed by atoms with Gasteiger partial charge in [-0.1, -0.05) is 0 Å². The normalized spacial score (nSPS) is 16.3. The lowest BCUT2D eigenvalue weighted by atomic mass is 10.0. The minimum atomic E-state index is -4.20. The molecule has 0 unspecified atom stereocenters. The fourth-order valence-corrected chi connectivity index (χ4v) is 5.99. The average Bonchev–Trinajstić information content (AvgIpc) is 3.68. The second kappa shape index (κ2) is 11.9. The highest BCUT2D eigenvalue weighted by molar-refractivity contribution is 6.03. The van der Waals surface area contributed by atoms with E-state index < -0.39 is 24.5 Å². The number of piperidine rings is 1. The van der Waals surface area contributed by atoms with Crippen molar-refractivity contribution in [1.82, 2.24) is 34.0 Å². The zero-order valence-electron chi connectivity index (χ0n) is 24.5. The van der Waals surface area contributed by atoms with Gasteiger partial charge in [0.25, 0.3) is 5.91 Å². The number of aromatic nitrogens is 6. The minimum absolute atomic E-state index is 0.0228. The van der Waals surface area contributed by atoms with Crippen molar-refractivity contribution in [1.29, 1.82) is 0 Å². The van der Waals surface area contributed by atoms with Crippen molar-refractivity contribution in [3.8, 4) is 22.6 Å². The maximum Gasteiger partial charge on any atom is 0.390 e. The van der Waals surface area contributed by atoms with Gasteiger partial charge in [-0.25, -0.2) is 23.9 Å². The number of halogens is 5. The van der Waals surface area contributed by atoms with E-state index >= 15 is 0 Å². The number of nitrogens with zero attached hydrogens (tertiary/aromatic N) is 7. The van der Waals surface area contributed by atoms with Gasteiger partial charge in [-0.05, 0) is 68.1 Å². The molecule has 1 aliphatic heterocycles. The maximum absolute atomic E-state index is 13.9. The predicted molar refractivity (Wildman–Crippen MR) is 159 cm³/mol. The van der Waals surface area contributed by atoms with E-state index in [1.165, 1.54) is 28.9 Å². The number of fused-ring (bicyclic) bond motifs is 1. The number of rotatable bonds is 8. The van der Waals surface area contributed by atoms with Crippen LogP contribution in [0.2, 0.25) is 0 Å². The predicted octanol–water partition coefficient (Wildman–Crippen LogP) is 6.65. The van der Waals surface area contributed by atoms with E-state index in [1.807, 2.05) is 11.0 Å². The molecule has 4 aromatic heterocycles. The molecular weight excluding hydrogens is 607 g/mol. The number of hydrogen-bond donors (Lipinski definition) is 1. The molecule has 0 spiro atoms. The van der Waals surface area contributed by atoms with Crippen LogP contribution in [0.15, 0.2) is 60.9 Å². The molecule has 5 heterocycles. The third-order valence-electron chi connectivity index (χ3n) is 8.43. The largest absolute Gasteiger partial charge is 0.390 e. The molecule has 1 saturated heterocycles. The Morgan fingerprint density at radius 1 is 0.957 bits per heavy atom. The molecule has 46 heavy (non-hydrogen) atoms. The van der Waals surface area contributed by atoms with Gasteiger partial charge in [0.2, 0.25) is 5.95 Å². The average molecular weight is 637 g/mol. The summed E-state index contributed by atoms with van der Waals surface area (Å²) in [6, 6.07) is 12.1. The number of amides is 1. The third kappa shape index (κ3) is 6.34. The Morgan fingerprint density at radius 3 is 2.41 bits per heavy atom. The molecule has 5 aromatic rings. The third-order valence-corrected chi connectivity index (χ3v) is 8.43. The van der Waals surface area contributed by atoms with Crippen molar-refractivity contribution in [2.24, 2.45) is 0 Å². The quantitative estimate of drug-likeness (QED) is 0.151. The van der Waals surface area contributed by atoms with Gasteiger partial charge in [0.15, 0.2) is 11.5 Å². The number of nitrogens with one attached hydrogen (secondary N) is 1. The van der Waals surface area contributed by atoms with Crippen molar-refractivity contribution in [2.45, 2.75) is 50.2 Å². The highest BCUT2D eigenvalue weighted by Gasteiger charge is 2.36. The Balaban J connectivity index is 1.25. The van der Waals surface area contributed by atoms with Gasteiger partial charge in [-0.15, -0.1) is 0 Å². The number of alkyl halides is 3. The molecule has 2 fully saturated rings. The zero-order valence-corrected chi connectivity index (χ0v) is 24.5. The molecule has 1 amide bonds. The topological polar surface area (TPSA) is 93.2 Å². The van der Waals surface area contributed by atoms with Gasteiger partial charge in [-0.3, -0.25) is 4.79 Å². The number of imidazole rings is 2. The molecule has 1 saturated carbocycles. The summed E-state index contributed by atoms with van der Waals surface area (Å²) < 4.78 is 69.9. The highest BCUT2D eigenvalue weighted by Crippen LogP contribution is 2.46. The van der Waals surface area contributed by atoms with Crippen LogP contribution >= 0.6 is 0 Å². The van der Waals surface area contributed by atoms with Crippen LogP contribution in [0, 0.1) is 11.8 Å². The highest BCUT2D eigenvalue weighted by atomic mass is 19.4. The van der Waals surface area contributed by atoms with E-state index in [4.69, 9.17) is 10.1 Å². The van der Waals surface area contributed by atoms with Crippen molar-refractivity contribution >= 4 is 17.4 Å². The molecule has 14 heteroatoms. The first-order valence-electron chi connectivity index (χ1n) is 15.1. The number of carbonyl (C=O) groups excluding carboxylic acids is 1. The Hall–Kier alpha value is -4.72. The lowest BCUT2D eigenvalue weighted by molar-refractivity contribution is -0.138. The Morgan fingerprint density at radius 2 is 1.72 bits per heavy atom. The fourth-order valence-electron chi connectivity index (χ4n) is 5.99. The lowest BCUT2D eigenvalue weighted by Gasteiger charge is -2.34. The Kier molecular flexibility index (Phi) is 7.75. The molecule has 1 aromatic carbocycles. The molecule has 1 N–H and O–H groups in total. The van der Waals surface area contributed by atoms with Crippen LogP contribution in [0.4, 0.5) is 27.8 Å². The molecule has 2 aliphatic rings. The maximum atomic E-state index is 13.9. The summed E-state index contributed by atoms with van der Waals surface area (Å²) in [7, 11) is 0. The van der Waals surface area contributed by atoms with E-state index in [9.17, 15) is 26.7 Å². The SMILES string of the molecule is O=C(Nc1cn2nc(-c3c(-c4ccc(F)cc4)nc(C4CC4)n3C3CCN(CCC(F)(F)F)CC3)ccc2n1)c1ccnc(F)c1. The lowest BCUT2D eigenvalue weighted by Crippen LogP contribution is -2.37. The van der Waals surface area contributed by atoms with Crippen molar-refractivity contribution in [2.75, 3.05) is 25.0 Å². The van der Waals surface area contributed by atoms with Gasteiger partial charge >= 0.3 is 6.18 Å². The second-order valence-electron chi connectivity index (χ2n) is 11.7. The van der Waals surface area contributed by atoms with E-state index in [0.29, 0.717) is 48.5 Å². The van der Waals surface area contributed by atoms with Crippen LogP contribution in [0.3, 0.4) is 0 Å². The minimum Gasteiger partial charge on any atom is -0.323 e. The molecule has 0 bridgehead atoms. The van der Waals surface area contributed by atoms with Gasteiger partial charge in [-0.2, -0.15) is 22.7 Å². The van der Waals surface area contributed by atoms with Crippen LogP contribution in [0.1, 0.15) is 60.2 Å². The molecule has 0 radical (unpaired) electrons. The number of carbonyl (C=O) groups is 1. The molecule has 7 rings (SSSR count). The number of benzene rings is 1. The number of pyridine rings is 1. The number of hydrogen-bond acceptors (Lipinski definition) is 6. The summed E-state index contributed by atoms with van der Waals surface area (Å²) in [6.07, 6.45) is 0.942. The van der Waals surface area contributed by atoms with Crippen molar-refractivity contribution in [3.05, 3.63) is 84.1 Å². The molecule has 1 aliphatic carbocycles. The summed E-state index contributed by atoms with van der Waals surface area (Å²) in [5.74, 6) is -0.358. The Bertz CT molecular complexity index is 1890. The smallest absolute Gasteiger partial charge is 0.323 e. The molecule has 9 nitrogen and oxygen atoms in total. The standard InChI is InChI=1S/C32H29F5N8O/c33-22-5-3-19(4-6-22)28-29(45(30(41-28)20-1-2-20)23-10-14-43(15-11-23)16-12-32(35,36)37)24-7-8-27-39-26(18-44(27)42-24)40-31(46)21-9-13-38-25(34)17-21/h3-9,13,17-18,20,23H,1-2,10-12,14-16H2,(H,40,46). The molecule has 0 atom stereocenters. The summed E-state index contributed by atoms with van der Waals surface area (Å²) in [5, 5.41) is 7.50. The van der Waals surface area contributed by atoms with Crippen LogP contribution in [0.5, 0.6) is 0 Å². The molecule has 238 valence electrons. The van der Waals surface area contributed by atoms with Crippen LogP contribution in [-0.2, 0) is 0 Å². The summed E-state index contributed by atoms with van der Waals surface area (Å²) in [6.45, 7) is 1.01. The van der Waals surface area contributed by atoms with Gasteiger partial charge < -0.3 is 14.8 Å². The summed E-state index contributed by atoms with van der Waals surface area (Å²) >= 11 is 0. The van der Waals surface area contributed by atoms with Crippen LogP contribution in [-0.4, -0.2) is 65.8 Å². The molecular formula is C32H29F5N8O. The van der Waals surface area contributed by atoms with Gasteiger partial charge in [0, 0.05) is 55.0 Å². The van der Waals surface area contributed by atoms with Crippen LogP contribution in [0.25, 0.3) is 28.3 Å².